The van der Waals surface area contributed by atoms with E-state index in [2.05, 4.69) is 23.9 Å². The van der Waals surface area contributed by atoms with E-state index in [4.69, 9.17) is 0 Å². The molecule has 5 nitrogen and oxygen atoms in total. The van der Waals surface area contributed by atoms with Crippen LogP contribution in [0.5, 0.6) is 0 Å². The van der Waals surface area contributed by atoms with Gasteiger partial charge >= 0.3 is 0 Å². The van der Waals surface area contributed by atoms with E-state index < -0.39 is 10.0 Å². The predicted molar refractivity (Wildman–Crippen MR) is 109 cm³/mol. The normalized spacial score (nSPS) is 11.6. The van der Waals surface area contributed by atoms with Crippen molar-refractivity contribution in [2.75, 3.05) is 11.9 Å². The van der Waals surface area contributed by atoms with Crippen LogP contribution in [0.3, 0.4) is 0 Å². The molecule has 2 rings (SSSR count). The molecule has 0 spiro atoms. The van der Waals surface area contributed by atoms with Gasteiger partial charge in [-0.15, -0.1) is 0 Å². The summed E-state index contributed by atoms with van der Waals surface area (Å²) in [5, 5.41) is 2.89. The molecular weight excluding hydrogens is 360 g/mol. The molecule has 0 aromatic heterocycles. The zero-order chi connectivity index (χ0) is 19.9. The lowest BCUT2D eigenvalue weighted by Gasteiger charge is -2.09. The Bertz CT molecular complexity index is 842. The second kappa shape index (κ2) is 9.67. The molecule has 146 valence electrons. The summed E-state index contributed by atoms with van der Waals surface area (Å²) >= 11 is 0. The molecule has 0 bridgehead atoms. The lowest BCUT2D eigenvalue weighted by molar-refractivity contribution is -0.116. The van der Waals surface area contributed by atoms with E-state index in [1.165, 1.54) is 5.56 Å². The van der Waals surface area contributed by atoms with Crippen molar-refractivity contribution < 1.29 is 13.2 Å². The van der Waals surface area contributed by atoms with E-state index in [0.717, 1.165) is 17.7 Å². The quantitative estimate of drug-likeness (QED) is 0.680. The third-order valence-electron chi connectivity index (χ3n) is 4.28. The fraction of sp³-hybridized carbons (Fsp3) is 0.381. The maximum absolute atomic E-state index is 12.1. The molecule has 0 aliphatic heterocycles. The van der Waals surface area contributed by atoms with Crippen LogP contribution in [0.1, 0.15) is 50.7 Å². The van der Waals surface area contributed by atoms with Gasteiger partial charge in [-0.05, 0) is 54.2 Å². The fourth-order valence-electron chi connectivity index (χ4n) is 2.59. The van der Waals surface area contributed by atoms with Crippen molar-refractivity contribution in [1.82, 2.24) is 4.72 Å². The van der Waals surface area contributed by atoms with Crippen LogP contribution in [0, 0.1) is 0 Å². The van der Waals surface area contributed by atoms with Crippen LogP contribution in [-0.2, 0) is 21.2 Å². The van der Waals surface area contributed by atoms with Crippen molar-refractivity contribution in [3.05, 3.63) is 59.7 Å². The molecule has 1 amide bonds. The highest BCUT2D eigenvalue weighted by Crippen LogP contribution is 2.17. The van der Waals surface area contributed by atoms with Gasteiger partial charge in [0.1, 0.15) is 0 Å². The van der Waals surface area contributed by atoms with Crippen LogP contribution < -0.4 is 10.0 Å². The summed E-state index contributed by atoms with van der Waals surface area (Å²) in [6, 6.07) is 14.5. The molecule has 27 heavy (non-hydrogen) atoms. The van der Waals surface area contributed by atoms with Crippen LogP contribution in [0.4, 0.5) is 5.69 Å². The van der Waals surface area contributed by atoms with E-state index in [0.29, 0.717) is 25.3 Å². The molecule has 0 unspecified atom stereocenters. The summed E-state index contributed by atoms with van der Waals surface area (Å²) in [7, 11) is -3.45. The van der Waals surface area contributed by atoms with Gasteiger partial charge in [-0.25, -0.2) is 13.1 Å². The van der Waals surface area contributed by atoms with Gasteiger partial charge in [-0.2, -0.15) is 0 Å². The van der Waals surface area contributed by atoms with Crippen molar-refractivity contribution >= 4 is 21.6 Å². The SMILES string of the molecule is CCCNS(=O)(=O)c1ccc(CCC(=O)Nc2ccc(C(C)C)cc2)cc1. The van der Waals surface area contributed by atoms with E-state index in [1.807, 2.05) is 31.2 Å². The van der Waals surface area contributed by atoms with Crippen LogP contribution in [0.25, 0.3) is 0 Å². The second-order valence-corrected chi connectivity index (χ2v) is 8.63. The molecule has 0 heterocycles. The number of aryl methyl sites for hydroxylation is 1. The van der Waals surface area contributed by atoms with Crippen LogP contribution in [-0.4, -0.2) is 20.9 Å². The first-order valence-corrected chi connectivity index (χ1v) is 10.8. The van der Waals surface area contributed by atoms with Crippen molar-refractivity contribution in [1.29, 1.82) is 0 Å². The Kier molecular flexibility index (Phi) is 7.56. The van der Waals surface area contributed by atoms with Crippen molar-refractivity contribution in [2.45, 2.75) is 50.8 Å². The molecular formula is C21H28N2O3S. The minimum Gasteiger partial charge on any atom is -0.326 e. The van der Waals surface area contributed by atoms with Crippen LogP contribution in [0.2, 0.25) is 0 Å². The largest absolute Gasteiger partial charge is 0.326 e. The van der Waals surface area contributed by atoms with Crippen molar-refractivity contribution in [3.8, 4) is 0 Å². The summed E-state index contributed by atoms with van der Waals surface area (Å²) in [4.78, 5) is 12.4. The highest BCUT2D eigenvalue weighted by Gasteiger charge is 2.12. The third-order valence-corrected chi connectivity index (χ3v) is 5.75. The molecule has 0 aliphatic rings. The second-order valence-electron chi connectivity index (χ2n) is 6.87. The predicted octanol–water partition coefficient (Wildman–Crippen LogP) is 4.07. The zero-order valence-electron chi connectivity index (χ0n) is 16.2. The molecule has 0 atom stereocenters. The Morgan fingerprint density at radius 3 is 2.19 bits per heavy atom. The number of hydrogen-bond donors (Lipinski definition) is 2. The monoisotopic (exact) mass is 388 g/mol. The van der Waals surface area contributed by atoms with Gasteiger partial charge in [-0.1, -0.05) is 45.0 Å². The van der Waals surface area contributed by atoms with Gasteiger partial charge in [0.05, 0.1) is 4.90 Å². The summed E-state index contributed by atoms with van der Waals surface area (Å²) < 4.78 is 26.7. The molecule has 0 radical (unpaired) electrons. The first-order chi connectivity index (χ1) is 12.8. The number of benzene rings is 2. The minimum absolute atomic E-state index is 0.0615. The van der Waals surface area contributed by atoms with Gasteiger partial charge < -0.3 is 5.32 Å². The average Bonchev–Trinajstić information content (AvgIpc) is 2.65. The molecule has 2 N–H and O–H groups in total. The molecule has 0 fully saturated rings. The van der Waals surface area contributed by atoms with Gasteiger partial charge in [0.25, 0.3) is 0 Å². The lowest BCUT2D eigenvalue weighted by atomic mass is 10.0. The Balaban J connectivity index is 1.88. The molecule has 2 aromatic rings. The van der Waals surface area contributed by atoms with Gasteiger partial charge in [-0.3, -0.25) is 4.79 Å². The number of nitrogens with one attached hydrogen (secondary N) is 2. The fourth-order valence-corrected chi connectivity index (χ4v) is 3.72. The summed E-state index contributed by atoms with van der Waals surface area (Å²) in [5.74, 6) is 0.396. The Morgan fingerprint density at radius 1 is 1.00 bits per heavy atom. The minimum atomic E-state index is -3.45. The summed E-state index contributed by atoms with van der Waals surface area (Å²) in [5.41, 5.74) is 2.94. The van der Waals surface area contributed by atoms with Crippen LogP contribution in [0.15, 0.2) is 53.4 Å². The maximum atomic E-state index is 12.1. The Labute approximate surface area is 162 Å². The standard InChI is InChI=1S/C21H28N2O3S/c1-4-15-22-27(25,26)20-12-5-17(6-13-20)7-14-21(24)23-19-10-8-18(9-11-19)16(2)3/h5-6,8-13,16,22H,4,7,14-15H2,1-3H3,(H,23,24). The number of carbonyl (C=O) groups excluding carboxylic acids is 1. The molecule has 0 saturated carbocycles. The number of rotatable bonds is 9. The number of hydrogen-bond acceptors (Lipinski definition) is 3. The van der Waals surface area contributed by atoms with Crippen LogP contribution >= 0.6 is 0 Å². The first-order valence-electron chi connectivity index (χ1n) is 9.30. The Hall–Kier alpha value is -2.18. The van der Waals surface area contributed by atoms with Gasteiger partial charge in [0.2, 0.25) is 15.9 Å². The molecule has 0 saturated heterocycles. The average molecular weight is 389 g/mol. The van der Waals surface area contributed by atoms with Gasteiger partial charge in [0.15, 0.2) is 0 Å². The zero-order valence-corrected chi connectivity index (χ0v) is 17.0. The molecule has 6 heteroatoms. The molecule has 0 aliphatic carbocycles. The van der Waals surface area contributed by atoms with Crippen molar-refractivity contribution in [2.24, 2.45) is 0 Å². The van der Waals surface area contributed by atoms with E-state index in [1.54, 1.807) is 24.3 Å². The van der Waals surface area contributed by atoms with E-state index >= 15 is 0 Å². The third kappa shape index (κ3) is 6.48. The van der Waals surface area contributed by atoms with E-state index in [9.17, 15) is 13.2 Å². The number of sulfonamides is 1. The van der Waals surface area contributed by atoms with E-state index in [-0.39, 0.29) is 10.8 Å². The van der Waals surface area contributed by atoms with Gasteiger partial charge in [0, 0.05) is 18.7 Å². The number of anilines is 1. The highest BCUT2D eigenvalue weighted by atomic mass is 32.2. The number of carbonyl (C=O) groups is 1. The lowest BCUT2D eigenvalue weighted by Crippen LogP contribution is -2.24. The number of amides is 1. The smallest absolute Gasteiger partial charge is 0.240 e. The topological polar surface area (TPSA) is 75.3 Å². The maximum Gasteiger partial charge on any atom is 0.240 e. The summed E-state index contributed by atoms with van der Waals surface area (Å²) in [6.07, 6.45) is 1.64. The highest BCUT2D eigenvalue weighted by molar-refractivity contribution is 7.89. The Morgan fingerprint density at radius 2 is 1.63 bits per heavy atom. The molecule has 2 aromatic carbocycles. The first kappa shape index (κ1) is 21.1. The summed E-state index contributed by atoms with van der Waals surface area (Å²) in [6.45, 7) is 6.59. The van der Waals surface area contributed by atoms with Crippen molar-refractivity contribution in [3.63, 3.8) is 0 Å².